The van der Waals surface area contributed by atoms with Gasteiger partial charge in [-0.15, -0.1) is 10.2 Å². The van der Waals surface area contributed by atoms with Gasteiger partial charge in [-0.25, -0.2) is 4.79 Å². The number of aromatic nitrogens is 3. The molecular weight excluding hydrogens is 609 g/mol. The third kappa shape index (κ3) is 5.77. The molecule has 0 saturated heterocycles. The smallest absolute Gasteiger partial charge is 0.416 e. The SMILES string of the molecule is Cn1cnnc1C1(c2cccc(N3Cc4c(cc(CN(C(=O)OC(C)(C)C)C5(C)CCC5)cc4C(F)(F)F)C3=O)c2)CC(=CC#N)C1. The van der Waals surface area contributed by atoms with Gasteiger partial charge >= 0.3 is 12.3 Å². The average molecular weight is 647 g/mol. The third-order valence-corrected chi connectivity index (χ3v) is 9.62. The molecule has 0 bridgehead atoms. The number of hydrogen-bond acceptors (Lipinski definition) is 6. The second kappa shape index (κ2) is 11.2. The summed E-state index contributed by atoms with van der Waals surface area (Å²) in [7, 11) is 1.83. The van der Waals surface area contributed by atoms with E-state index in [-0.39, 0.29) is 29.8 Å². The fourth-order valence-corrected chi connectivity index (χ4v) is 7.05. The van der Waals surface area contributed by atoms with Crippen LogP contribution in [0.2, 0.25) is 0 Å². The van der Waals surface area contributed by atoms with Crippen molar-refractivity contribution in [3.63, 3.8) is 0 Å². The molecule has 1 aliphatic heterocycles. The Kier molecular flexibility index (Phi) is 7.73. The number of carbonyl (C=O) groups excluding carboxylic acids is 2. The number of aryl methyl sites for hydroxylation is 1. The summed E-state index contributed by atoms with van der Waals surface area (Å²) in [6.07, 6.45) is 1.15. The number of halogens is 3. The van der Waals surface area contributed by atoms with Crippen molar-refractivity contribution in [2.24, 2.45) is 7.05 Å². The fourth-order valence-electron chi connectivity index (χ4n) is 7.05. The van der Waals surface area contributed by atoms with Crippen LogP contribution < -0.4 is 4.90 Å². The molecular formula is C35H37F3N6O3. The minimum Gasteiger partial charge on any atom is -0.444 e. The van der Waals surface area contributed by atoms with Gasteiger partial charge in [0.15, 0.2) is 0 Å². The number of hydrogen-bond donors (Lipinski definition) is 0. The summed E-state index contributed by atoms with van der Waals surface area (Å²) in [5.74, 6) is 0.147. The number of fused-ring (bicyclic) bond motifs is 1. The maximum Gasteiger partial charge on any atom is 0.416 e. The summed E-state index contributed by atoms with van der Waals surface area (Å²) in [4.78, 5) is 30.1. The van der Waals surface area contributed by atoms with Crippen LogP contribution in [0.5, 0.6) is 0 Å². The second-order valence-electron chi connectivity index (χ2n) is 14.2. The van der Waals surface area contributed by atoms with Crippen LogP contribution in [0.3, 0.4) is 0 Å². The first kappa shape index (κ1) is 32.3. The van der Waals surface area contributed by atoms with Crippen LogP contribution in [0.25, 0.3) is 0 Å². The minimum absolute atomic E-state index is 0.0333. The first-order valence-corrected chi connectivity index (χ1v) is 15.6. The first-order chi connectivity index (χ1) is 22.0. The highest BCUT2D eigenvalue weighted by molar-refractivity contribution is 6.10. The molecule has 2 fully saturated rings. The van der Waals surface area contributed by atoms with Gasteiger partial charge in [-0.1, -0.05) is 17.7 Å². The van der Waals surface area contributed by atoms with Crippen LogP contribution in [0.4, 0.5) is 23.7 Å². The Labute approximate surface area is 271 Å². The average Bonchev–Trinajstić information content (AvgIpc) is 3.53. The largest absolute Gasteiger partial charge is 0.444 e. The molecule has 0 N–H and O–H groups in total. The summed E-state index contributed by atoms with van der Waals surface area (Å²) >= 11 is 0. The Bertz CT molecular complexity index is 1820. The molecule has 1 aromatic heterocycles. The zero-order valence-corrected chi connectivity index (χ0v) is 27.1. The number of allylic oxidation sites excluding steroid dienone is 2. The van der Waals surface area contributed by atoms with Crippen molar-refractivity contribution in [1.82, 2.24) is 19.7 Å². The van der Waals surface area contributed by atoms with Crippen molar-refractivity contribution in [2.75, 3.05) is 4.90 Å². The Hall–Kier alpha value is -4.66. The molecule has 3 aliphatic rings. The number of carbonyl (C=O) groups is 2. The third-order valence-electron chi connectivity index (χ3n) is 9.62. The van der Waals surface area contributed by atoms with Gasteiger partial charge in [0.1, 0.15) is 17.8 Å². The van der Waals surface area contributed by atoms with Gasteiger partial charge < -0.3 is 14.2 Å². The summed E-state index contributed by atoms with van der Waals surface area (Å²) in [6, 6.07) is 11.8. The summed E-state index contributed by atoms with van der Waals surface area (Å²) < 4.78 is 51.3. The van der Waals surface area contributed by atoms with Gasteiger partial charge in [-0.05, 0) is 101 Å². The summed E-state index contributed by atoms with van der Waals surface area (Å²) in [6.45, 7) is 6.77. The zero-order chi connectivity index (χ0) is 33.9. The zero-order valence-electron chi connectivity index (χ0n) is 27.1. The molecule has 246 valence electrons. The monoisotopic (exact) mass is 646 g/mol. The molecule has 0 atom stereocenters. The van der Waals surface area contributed by atoms with Gasteiger partial charge in [-0.2, -0.15) is 18.4 Å². The quantitative estimate of drug-likeness (QED) is 0.262. The number of nitrogens with zero attached hydrogens (tertiary/aromatic N) is 6. The van der Waals surface area contributed by atoms with E-state index in [2.05, 4.69) is 16.3 Å². The second-order valence-corrected chi connectivity index (χ2v) is 14.2. The van der Waals surface area contributed by atoms with E-state index in [1.165, 1.54) is 21.9 Å². The van der Waals surface area contributed by atoms with Crippen molar-refractivity contribution < 1.29 is 27.5 Å². The molecule has 2 amide bonds. The highest BCUT2D eigenvalue weighted by atomic mass is 19.4. The van der Waals surface area contributed by atoms with Gasteiger partial charge in [0.05, 0.1) is 23.6 Å². The molecule has 2 aliphatic carbocycles. The summed E-state index contributed by atoms with van der Waals surface area (Å²) in [5.41, 5.74) is -0.524. The molecule has 12 heteroatoms. The molecule has 0 unspecified atom stereocenters. The van der Waals surface area contributed by atoms with Gasteiger partial charge in [-0.3, -0.25) is 9.69 Å². The number of alkyl halides is 3. The van der Waals surface area contributed by atoms with Crippen molar-refractivity contribution in [1.29, 1.82) is 5.26 Å². The minimum atomic E-state index is -4.72. The van der Waals surface area contributed by atoms with Gasteiger partial charge in [0.2, 0.25) is 0 Å². The van der Waals surface area contributed by atoms with Gasteiger partial charge in [0, 0.05) is 36.5 Å². The van der Waals surface area contributed by atoms with Crippen LogP contribution in [-0.2, 0) is 36.5 Å². The molecule has 0 radical (unpaired) electrons. The molecule has 2 saturated carbocycles. The number of nitriles is 1. The van der Waals surface area contributed by atoms with E-state index >= 15 is 0 Å². The van der Waals surface area contributed by atoms with E-state index in [1.807, 2.05) is 30.7 Å². The van der Waals surface area contributed by atoms with E-state index < -0.39 is 40.3 Å². The lowest BCUT2D eigenvalue weighted by molar-refractivity contribution is -0.138. The van der Waals surface area contributed by atoms with Crippen LogP contribution >= 0.6 is 0 Å². The highest BCUT2D eigenvalue weighted by Crippen LogP contribution is 2.52. The van der Waals surface area contributed by atoms with Gasteiger partial charge in [0.25, 0.3) is 5.91 Å². The number of ether oxygens (including phenoxy) is 1. The topological polar surface area (TPSA) is 104 Å². The lowest BCUT2D eigenvalue weighted by atomic mass is 9.61. The first-order valence-electron chi connectivity index (χ1n) is 15.6. The number of rotatable bonds is 6. The van der Waals surface area contributed by atoms with Crippen LogP contribution in [0.1, 0.15) is 98.2 Å². The molecule has 2 aromatic carbocycles. The number of anilines is 1. The van der Waals surface area contributed by atoms with Crippen LogP contribution in [-0.4, -0.2) is 42.8 Å². The Morgan fingerprint density at radius 2 is 1.89 bits per heavy atom. The normalized spacial score (nSPS) is 20.2. The maximum atomic E-state index is 14.6. The maximum absolute atomic E-state index is 14.6. The molecule has 2 heterocycles. The standard InChI is InChI=1S/C35H37F3N6O3/c1-32(2,3)47-31(46)44(33(4)11-7-12-33)19-23-14-26-27(28(15-23)35(36,37)38)20-43(29(26)45)25-9-6-8-24(16-25)34(17-22(18-34)10-13-39)30-41-40-21-42(30)5/h6,8-10,14-16,21H,7,11-12,17-20H2,1-5H3. The van der Waals surface area contributed by atoms with Crippen molar-refractivity contribution in [3.8, 4) is 6.07 Å². The molecule has 9 nitrogen and oxygen atoms in total. The Morgan fingerprint density at radius 3 is 2.47 bits per heavy atom. The summed E-state index contributed by atoms with van der Waals surface area (Å²) in [5, 5.41) is 17.6. The van der Waals surface area contributed by atoms with Crippen molar-refractivity contribution >= 4 is 17.7 Å². The van der Waals surface area contributed by atoms with Crippen LogP contribution in [0.15, 0.2) is 54.4 Å². The van der Waals surface area contributed by atoms with E-state index in [1.54, 1.807) is 39.2 Å². The lowest BCUT2D eigenvalue weighted by Gasteiger charge is -2.47. The number of benzene rings is 2. The lowest BCUT2D eigenvalue weighted by Crippen LogP contribution is -2.54. The Balaban J connectivity index is 1.36. The predicted molar refractivity (Wildman–Crippen MR) is 167 cm³/mol. The Morgan fingerprint density at radius 1 is 1.17 bits per heavy atom. The van der Waals surface area contributed by atoms with E-state index in [4.69, 9.17) is 4.74 Å². The van der Waals surface area contributed by atoms with Crippen LogP contribution in [0, 0.1) is 11.3 Å². The molecule has 47 heavy (non-hydrogen) atoms. The fraction of sp³-hybridized carbons (Fsp3) is 0.457. The van der Waals surface area contributed by atoms with E-state index in [9.17, 15) is 28.0 Å². The predicted octanol–water partition coefficient (Wildman–Crippen LogP) is 7.20. The molecule has 0 spiro atoms. The highest BCUT2D eigenvalue weighted by Gasteiger charge is 2.48. The molecule has 6 rings (SSSR count). The van der Waals surface area contributed by atoms with Crippen molar-refractivity contribution in [2.45, 2.75) is 95.6 Å². The van der Waals surface area contributed by atoms with E-state index in [0.29, 0.717) is 37.2 Å². The van der Waals surface area contributed by atoms with E-state index in [0.717, 1.165) is 23.6 Å². The van der Waals surface area contributed by atoms with Crippen molar-refractivity contribution in [3.05, 3.63) is 88.0 Å². The molecule has 3 aromatic rings. The number of amides is 2.